The number of hydrogen-bond donors (Lipinski definition) is 2. The molecule has 2 heterocycles. The lowest BCUT2D eigenvalue weighted by atomic mass is 9.81. The van der Waals surface area contributed by atoms with E-state index in [1.165, 1.54) is 4.90 Å². The first kappa shape index (κ1) is 30.8. The smallest absolute Gasteiger partial charge is 0.407 e. The molecule has 0 unspecified atom stereocenters. The Labute approximate surface area is 251 Å². The van der Waals surface area contributed by atoms with Crippen molar-refractivity contribution in [3.05, 3.63) is 83.7 Å². The zero-order valence-corrected chi connectivity index (χ0v) is 24.7. The lowest BCUT2D eigenvalue weighted by Crippen LogP contribution is -2.45. The summed E-state index contributed by atoms with van der Waals surface area (Å²) in [7, 11) is 2.01. The number of carbonyl (C=O) groups is 1. The van der Waals surface area contributed by atoms with E-state index in [0.717, 1.165) is 36.9 Å². The van der Waals surface area contributed by atoms with Crippen LogP contribution >= 0.6 is 0 Å². The predicted molar refractivity (Wildman–Crippen MR) is 162 cm³/mol. The van der Waals surface area contributed by atoms with Crippen LogP contribution in [0.2, 0.25) is 0 Å². The van der Waals surface area contributed by atoms with E-state index in [9.17, 15) is 18.7 Å². The van der Waals surface area contributed by atoms with Gasteiger partial charge in [-0.1, -0.05) is 60.7 Å². The molecule has 2 N–H and O–H groups in total. The Morgan fingerprint density at radius 1 is 1.02 bits per heavy atom. The fourth-order valence-electron chi connectivity index (χ4n) is 6.39. The number of aliphatic imine (C=N–C) groups is 1. The molecule has 0 bridgehead atoms. The quantitative estimate of drug-likeness (QED) is 0.260. The van der Waals surface area contributed by atoms with Crippen LogP contribution in [0.3, 0.4) is 0 Å². The summed E-state index contributed by atoms with van der Waals surface area (Å²) in [6.07, 6.45) is 3.13. The Hall–Kier alpha value is -3.63. The molecular weight excluding hydrogens is 552 g/mol. The highest BCUT2D eigenvalue weighted by Crippen LogP contribution is 2.38. The minimum atomic E-state index is -2.77. The first-order chi connectivity index (χ1) is 20.7. The number of nitrogens with zero attached hydrogens (tertiary/aromatic N) is 5. The van der Waals surface area contributed by atoms with Crippen LogP contribution in [0.1, 0.15) is 74.2 Å². The van der Waals surface area contributed by atoms with Gasteiger partial charge in [-0.2, -0.15) is 5.10 Å². The molecule has 1 aliphatic heterocycles. The van der Waals surface area contributed by atoms with Gasteiger partial charge in [-0.15, -0.1) is 0 Å². The molecule has 2 aliphatic rings. The van der Waals surface area contributed by atoms with Gasteiger partial charge in [-0.05, 0) is 64.5 Å². The standard InChI is InChI=1S/C33H41F2N5O3/c1-38(19-14-24-15-20-39(21-16-24)32(41)42)23-33(43)17-12-27(13-18-33)40-22-28(30(37-40)31(34)35)36-29(25-8-4-2-5-9-25)26-10-6-3-7-11-26/h2-11,22,24,27,31,43H,12-21,23H2,1H3,(H,41,42). The fraction of sp³-hybridized carbons (Fsp3) is 0.485. The first-order valence-electron chi connectivity index (χ1n) is 15.2. The summed E-state index contributed by atoms with van der Waals surface area (Å²) in [5, 5.41) is 24.8. The zero-order chi connectivity index (χ0) is 30.4. The zero-order valence-electron chi connectivity index (χ0n) is 24.7. The number of aliphatic hydroxyl groups is 1. The lowest BCUT2D eigenvalue weighted by Gasteiger charge is -2.39. The fourth-order valence-corrected chi connectivity index (χ4v) is 6.39. The Kier molecular flexibility index (Phi) is 9.87. The van der Waals surface area contributed by atoms with Crippen molar-refractivity contribution in [2.24, 2.45) is 10.9 Å². The van der Waals surface area contributed by atoms with Gasteiger partial charge in [-0.25, -0.2) is 18.6 Å². The average Bonchev–Trinajstić information content (AvgIpc) is 3.44. The SMILES string of the molecule is CN(CCC1CCN(C(=O)O)CC1)CC1(O)CCC(n2cc(N=C(c3ccccc3)c3ccccc3)c(C(F)F)n2)CC1. The highest BCUT2D eigenvalue weighted by molar-refractivity contribution is 6.14. The van der Waals surface area contributed by atoms with Crippen LogP contribution in [0.4, 0.5) is 19.3 Å². The molecule has 2 aromatic carbocycles. The molecule has 1 aliphatic carbocycles. The maximum Gasteiger partial charge on any atom is 0.407 e. The Bertz CT molecular complexity index is 1320. The molecule has 8 nitrogen and oxygen atoms in total. The molecule has 230 valence electrons. The summed E-state index contributed by atoms with van der Waals surface area (Å²) in [5.74, 6) is 0.494. The van der Waals surface area contributed by atoms with Crippen LogP contribution in [0.15, 0.2) is 71.9 Å². The van der Waals surface area contributed by atoms with Crippen LogP contribution in [-0.2, 0) is 0 Å². The third-order valence-electron chi connectivity index (χ3n) is 8.90. The van der Waals surface area contributed by atoms with E-state index in [-0.39, 0.29) is 17.4 Å². The van der Waals surface area contributed by atoms with E-state index in [4.69, 9.17) is 10.1 Å². The molecule has 1 saturated heterocycles. The molecule has 0 atom stereocenters. The monoisotopic (exact) mass is 593 g/mol. The van der Waals surface area contributed by atoms with E-state index < -0.39 is 18.1 Å². The van der Waals surface area contributed by atoms with Gasteiger partial charge in [0.15, 0.2) is 5.69 Å². The van der Waals surface area contributed by atoms with Crippen molar-refractivity contribution >= 4 is 17.5 Å². The molecule has 0 spiro atoms. The molecule has 1 saturated carbocycles. The normalized spacial score (nSPS) is 21.3. The number of carboxylic acid groups (broad SMARTS) is 1. The molecule has 2 fully saturated rings. The van der Waals surface area contributed by atoms with Crippen molar-refractivity contribution in [2.45, 2.75) is 63.0 Å². The van der Waals surface area contributed by atoms with Crippen molar-refractivity contribution in [3.8, 4) is 0 Å². The Balaban J connectivity index is 1.22. The maximum absolute atomic E-state index is 14.2. The highest BCUT2D eigenvalue weighted by atomic mass is 19.3. The van der Waals surface area contributed by atoms with Gasteiger partial charge in [0.2, 0.25) is 0 Å². The topological polar surface area (TPSA) is 94.2 Å². The van der Waals surface area contributed by atoms with Gasteiger partial charge in [0.05, 0.1) is 23.6 Å². The van der Waals surface area contributed by atoms with Crippen LogP contribution < -0.4 is 0 Å². The van der Waals surface area contributed by atoms with Gasteiger partial charge in [0.25, 0.3) is 6.43 Å². The number of rotatable bonds is 10. The molecule has 1 aromatic heterocycles. The minimum Gasteiger partial charge on any atom is -0.465 e. The number of likely N-dealkylation sites (tertiary alicyclic amines) is 1. The summed E-state index contributed by atoms with van der Waals surface area (Å²) in [6.45, 7) is 2.56. The second kappa shape index (κ2) is 13.8. The number of benzene rings is 2. The van der Waals surface area contributed by atoms with Crippen LogP contribution in [-0.4, -0.2) is 80.4 Å². The molecule has 1 amide bonds. The van der Waals surface area contributed by atoms with Gasteiger partial charge in [0, 0.05) is 30.8 Å². The number of halogens is 2. The predicted octanol–water partition coefficient (Wildman–Crippen LogP) is 6.55. The molecule has 0 radical (unpaired) electrons. The number of hydrogen-bond acceptors (Lipinski definition) is 5. The number of amides is 1. The number of piperidine rings is 1. The largest absolute Gasteiger partial charge is 0.465 e. The summed E-state index contributed by atoms with van der Waals surface area (Å²) in [5.41, 5.74) is 1.26. The van der Waals surface area contributed by atoms with Gasteiger partial charge < -0.3 is 20.0 Å². The summed E-state index contributed by atoms with van der Waals surface area (Å²) in [4.78, 5) is 19.5. The van der Waals surface area contributed by atoms with E-state index in [1.54, 1.807) is 10.9 Å². The van der Waals surface area contributed by atoms with Crippen molar-refractivity contribution in [1.82, 2.24) is 19.6 Å². The Morgan fingerprint density at radius 2 is 1.60 bits per heavy atom. The second-order valence-corrected chi connectivity index (χ2v) is 12.1. The molecular formula is C33H41F2N5O3. The first-order valence-corrected chi connectivity index (χ1v) is 15.2. The van der Waals surface area contributed by atoms with Gasteiger partial charge in [-0.3, -0.25) is 4.68 Å². The second-order valence-electron chi connectivity index (χ2n) is 12.1. The molecule has 3 aromatic rings. The third-order valence-corrected chi connectivity index (χ3v) is 8.90. The Morgan fingerprint density at radius 3 is 2.14 bits per heavy atom. The number of alkyl halides is 2. The van der Waals surface area contributed by atoms with Crippen molar-refractivity contribution in [3.63, 3.8) is 0 Å². The summed E-state index contributed by atoms with van der Waals surface area (Å²) >= 11 is 0. The molecule has 5 rings (SSSR count). The molecule has 10 heteroatoms. The number of aromatic nitrogens is 2. The molecule has 43 heavy (non-hydrogen) atoms. The van der Waals surface area contributed by atoms with E-state index >= 15 is 0 Å². The lowest BCUT2D eigenvalue weighted by molar-refractivity contribution is -0.0324. The van der Waals surface area contributed by atoms with Crippen molar-refractivity contribution in [1.29, 1.82) is 0 Å². The van der Waals surface area contributed by atoms with Crippen molar-refractivity contribution < 1.29 is 23.8 Å². The van der Waals surface area contributed by atoms with Crippen LogP contribution in [0, 0.1) is 5.92 Å². The van der Waals surface area contributed by atoms with Gasteiger partial charge in [0.1, 0.15) is 5.69 Å². The summed E-state index contributed by atoms with van der Waals surface area (Å²) in [6, 6.07) is 19.0. The average molecular weight is 594 g/mol. The van der Waals surface area contributed by atoms with E-state index in [0.29, 0.717) is 56.9 Å². The van der Waals surface area contributed by atoms with Crippen LogP contribution in [0.5, 0.6) is 0 Å². The van der Waals surface area contributed by atoms with E-state index in [2.05, 4.69) is 10.00 Å². The summed E-state index contributed by atoms with van der Waals surface area (Å²) < 4.78 is 30.0. The highest BCUT2D eigenvalue weighted by Gasteiger charge is 2.36. The maximum atomic E-state index is 14.2. The van der Waals surface area contributed by atoms with Crippen LogP contribution in [0.25, 0.3) is 0 Å². The minimum absolute atomic E-state index is 0.0941. The third kappa shape index (κ3) is 7.86. The van der Waals surface area contributed by atoms with Crippen molar-refractivity contribution in [2.75, 3.05) is 33.2 Å². The van der Waals surface area contributed by atoms with Gasteiger partial charge >= 0.3 is 6.09 Å². The number of likely N-dealkylation sites (N-methyl/N-ethyl adjacent to an activating group) is 1. The van der Waals surface area contributed by atoms with E-state index in [1.807, 2.05) is 67.7 Å².